The molecule has 0 spiro atoms. The number of hydrogen-bond donors (Lipinski definition) is 1. The van der Waals surface area contributed by atoms with Crippen LogP contribution in [0.25, 0.3) is 0 Å². The van der Waals surface area contributed by atoms with Crippen LogP contribution in [0.1, 0.15) is 21.5 Å². The van der Waals surface area contributed by atoms with Crippen molar-refractivity contribution in [3.05, 3.63) is 101 Å². The van der Waals surface area contributed by atoms with Gasteiger partial charge >= 0.3 is 0 Å². The van der Waals surface area contributed by atoms with Crippen molar-refractivity contribution in [1.29, 1.82) is 0 Å². The average molecular weight is 437 g/mol. The molecule has 0 bridgehead atoms. The summed E-state index contributed by atoms with van der Waals surface area (Å²) in [5, 5.41) is 3.39. The highest BCUT2D eigenvalue weighted by Gasteiger charge is 2.18. The van der Waals surface area contributed by atoms with Gasteiger partial charge in [0, 0.05) is 29.9 Å². The van der Waals surface area contributed by atoms with Crippen molar-refractivity contribution in [2.75, 3.05) is 25.2 Å². The summed E-state index contributed by atoms with van der Waals surface area (Å²) in [5.41, 5.74) is 3.21. The summed E-state index contributed by atoms with van der Waals surface area (Å²) < 4.78 is 4.94. The van der Waals surface area contributed by atoms with Crippen LogP contribution in [0.4, 0.5) is 5.69 Å². The molecule has 3 aromatic carbocycles. The van der Waals surface area contributed by atoms with Crippen molar-refractivity contribution in [3.63, 3.8) is 0 Å². The Morgan fingerprint density at radius 2 is 1.58 bits per heavy atom. The quantitative estimate of drug-likeness (QED) is 0.503. The summed E-state index contributed by atoms with van der Waals surface area (Å²) in [7, 11) is 1.59. The maximum absolute atomic E-state index is 13.3. The first-order valence-corrected chi connectivity index (χ1v) is 10.4. The van der Waals surface area contributed by atoms with E-state index in [9.17, 15) is 9.59 Å². The summed E-state index contributed by atoms with van der Waals surface area (Å²) in [4.78, 5) is 27.0. The van der Waals surface area contributed by atoms with Gasteiger partial charge in [-0.3, -0.25) is 9.59 Å². The predicted molar refractivity (Wildman–Crippen MR) is 123 cm³/mol. The number of halogens is 1. The maximum Gasteiger partial charge on any atom is 0.258 e. The van der Waals surface area contributed by atoms with Gasteiger partial charge in [0.15, 0.2) is 0 Å². The lowest BCUT2D eigenvalue weighted by molar-refractivity contribution is -0.120. The number of rotatable bonds is 9. The summed E-state index contributed by atoms with van der Waals surface area (Å²) in [5.74, 6) is -0.186. The summed E-state index contributed by atoms with van der Waals surface area (Å²) in [6.45, 7) is 1.39. The number of amides is 2. The Balaban J connectivity index is 1.79. The largest absolute Gasteiger partial charge is 0.383 e. The Labute approximate surface area is 187 Å². The van der Waals surface area contributed by atoms with Crippen LogP contribution in [0.15, 0.2) is 78.9 Å². The van der Waals surface area contributed by atoms with Crippen LogP contribution in [-0.4, -0.2) is 32.1 Å². The van der Waals surface area contributed by atoms with Crippen molar-refractivity contribution >= 4 is 29.1 Å². The number of carbonyl (C=O) groups is 2. The summed E-state index contributed by atoms with van der Waals surface area (Å²) in [6, 6.07) is 24.2. The fourth-order valence-corrected chi connectivity index (χ4v) is 3.25. The van der Waals surface area contributed by atoms with Gasteiger partial charge < -0.3 is 15.0 Å². The molecule has 0 unspecified atom stereocenters. The molecule has 0 aliphatic carbocycles. The van der Waals surface area contributed by atoms with Gasteiger partial charge in [-0.15, -0.1) is 0 Å². The molecule has 31 heavy (non-hydrogen) atoms. The fourth-order valence-electron chi connectivity index (χ4n) is 3.13. The monoisotopic (exact) mass is 436 g/mol. The predicted octanol–water partition coefficient (Wildman–Crippen LogP) is 4.49. The standard InChI is InChI=1S/C25H25ClN2O3/c1-31-16-15-27-24(29)17-19-7-13-23(14-8-19)28(18-20-5-3-2-4-6-20)25(30)21-9-11-22(26)12-10-21/h2-14H,15-18H2,1H3,(H,27,29). The zero-order chi connectivity index (χ0) is 22.1. The highest BCUT2D eigenvalue weighted by atomic mass is 35.5. The van der Waals surface area contributed by atoms with Crippen LogP contribution in [0.2, 0.25) is 5.02 Å². The molecule has 0 saturated heterocycles. The number of hydrogen-bond acceptors (Lipinski definition) is 3. The van der Waals surface area contributed by atoms with E-state index < -0.39 is 0 Å². The third-order valence-electron chi connectivity index (χ3n) is 4.76. The van der Waals surface area contributed by atoms with E-state index in [0.29, 0.717) is 30.3 Å². The topological polar surface area (TPSA) is 58.6 Å². The Bertz CT molecular complexity index is 990. The van der Waals surface area contributed by atoms with E-state index in [1.807, 2.05) is 54.6 Å². The maximum atomic E-state index is 13.3. The number of anilines is 1. The van der Waals surface area contributed by atoms with Crippen LogP contribution in [0, 0.1) is 0 Å². The average Bonchev–Trinajstić information content (AvgIpc) is 2.79. The molecule has 6 heteroatoms. The van der Waals surface area contributed by atoms with Crippen LogP contribution in [0.5, 0.6) is 0 Å². The molecular formula is C25H25ClN2O3. The number of benzene rings is 3. The Morgan fingerprint density at radius 3 is 2.23 bits per heavy atom. The molecule has 0 heterocycles. The van der Waals surface area contributed by atoms with Crippen molar-refractivity contribution in [1.82, 2.24) is 5.32 Å². The van der Waals surface area contributed by atoms with Gasteiger partial charge in [0.1, 0.15) is 0 Å². The lowest BCUT2D eigenvalue weighted by atomic mass is 10.1. The molecule has 0 radical (unpaired) electrons. The SMILES string of the molecule is COCCNC(=O)Cc1ccc(N(Cc2ccccc2)C(=O)c2ccc(Cl)cc2)cc1. The van der Waals surface area contributed by atoms with Gasteiger partial charge in [-0.1, -0.05) is 54.1 Å². The summed E-state index contributed by atoms with van der Waals surface area (Å²) >= 11 is 5.98. The molecule has 0 aromatic heterocycles. The summed E-state index contributed by atoms with van der Waals surface area (Å²) in [6.07, 6.45) is 0.272. The molecule has 0 aliphatic rings. The third kappa shape index (κ3) is 6.67. The van der Waals surface area contributed by atoms with Crippen LogP contribution in [0.3, 0.4) is 0 Å². The van der Waals surface area contributed by atoms with Crippen LogP contribution < -0.4 is 10.2 Å². The van der Waals surface area contributed by atoms with Crippen molar-refractivity contribution in [3.8, 4) is 0 Å². The van der Waals surface area contributed by atoms with Crippen molar-refractivity contribution in [2.24, 2.45) is 0 Å². The number of carbonyl (C=O) groups excluding carboxylic acids is 2. The first-order valence-electron chi connectivity index (χ1n) is 10.0. The minimum absolute atomic E-state index is 0.0665. The van der Waals surface area contributed by atoms with Crippen LogP contribution in [-0.2, 0) is 22.5 Å². The number of nitrogens with zero attached hydrogens (tertiary/aromatic N) is 1. The third-order valence-corrected chi connectivity index (χ3v) is 5.01. The molecular weight excluding hydrogens is 412 g/mol. The van der Waals surface area contributed by atoms with Gasteiger partial charge in [-0.05, 0) is 47.5 Å². The zero-order valence-corrected chi connectivity index (χ0v) is 18.1. The van der Waals surface area contributed by atoms with Crippen molar-refractivity contribution in [2.45, 2.75) is 13.0 Å². The van der Waals surface area contributed by atoms with E-state index in [-0.39, 0.29) is 18.2 Å². The number of nitrogens with one attached hydrogen (secondary N) is 1. The van der Waals surface area contributed by atoms with Gasteiger partial charge in [-0.25, -0.2) is 0 Å². The van der Waals surface area contributed by atoms with E-state index >= 15 is 0 Å². The molecule has 5 nitrogen and oxygen atoms in total. The van der Waals surface area contributed by atoms with Gasteiger partial charge in [-0.2, -0.15) is 0 Å². The zero-order valence-electron chi connectivity index (χ0n) is 17.4. The van der Waals surface area contributed by atoms with Gasteiger partial charge in [0.2, 0.25) is 5.91 Å². The van der Waals surface area contributed by atoms with E-state index in [1.165, 1.54) is 0 Å². The van der Waals surface area contributed by atoms with Gasteiger partial charge in [0.25, 0.3) is 5.91 Å². The molecule has 0 fully saturated rings. The van der Waals surface area contributed by atoms with E-state index in [1.54, 1.807) is 36.3 Å². The second-order valence-electron chi connectivity index (χ2n) is 7.07. The number of ether oxygens (including phenoxy) is 1. The number of methoxy groups -OCH3 is 1. The minimum Gasteiger partial charge on any atom is -0.383 e. The molecule has 1 N–H and O–H groups in total. The molecule has 3 rings (SSSR count). The highest BCUT2D eigenvalue weighted by molar-refractivity contribution is 6.30. The van der Waals surface area contributed by atoms with E-state index in [2.05, 4.69) is 5.32 Å². The molecule has 2 amide bonds. The first-order chi connectivity index (χ1) is 15.1. The minimum atomic E-state index is -0.120. The molecule has 0 saturated carbocycles. The molecule has 0 atom stereocenters. The fraction of sp³-hybridized carbons (Fsp3) is 0.200. The van der Waals surface area contributed by atoms with E-state index in [0.717, 1.165) is 16.8 Å². The molecule has 3 aromatic rings. The van der Waals surface area contributed by atoms with Crippen molar-refractivity contribution < 1.29 is 14.3 Å². The Hall–Kier alpha value is -3.15. The smallest absolute Gasteiger partial charge is 0.258 e. The highest BCUT2D eigenvalue weighted by Crippen LogP contribution is 2.22. The lowest BCUT2D eigenvalue weighted by Crippen LogP contribution is -2.30. The second kappa shape index (κ2) is 11.3. The Morgan fingerprint density at radius 1 is 0.903 bits per heavy atom. The van der Waals surface area contributed by atoms with Crippen LogP contribution >= 0.6 is 11.6 Å². The lowest BCUT2D eigenvalue weighted by Gasteiger charge is -2.23. The second-order valence-corrected chi connectivity index (χ2v) is 7.51. The normalized spacial score (nSPS) is 10.5. The Kier molecular flexibility index (Phi) is 8.21. The molecule has 160 valence electrons. The first kappa shape index (κ1) is 22.5. The van der Waals surface area contributed by atoms with Gasteiger partial charge in [0.05, 0.1) is 19.6 Å². The van der Waals surface area contributed by atoms with E-state index in [4.69, 9.17) is 16.3 Å². The molecule has 0 aliphatic heterocycles.